The van der Waals surface area contributed by atoms with Gasteiger partial charge in [-0.05, 0) is 83.6 Å². The number of hydrogen-bond donors (Lipinski definition) is 1. The minimum absolute atomic E-state index is 0.144. The van der Waals surface area contributed by atoms with Gasteiger partial charge < -0.3 is 15.0 Å². The summed E-state index contributed by atoms with van der Waals surface area (Å²) in [6.07, 6.45) is 11.3. The van der Waals surface area contributed by atoms with Gasteiger partial charge in [0.2, 0.25) is 0 Å². The van der Waals surface area contributed by atoms with Crippen molar-refractivity contribution in [3.8, 4) is 0 Å². The van der Waals surface area contributed by atoms with Gasteiger partial charge in [-0.25, -0.2) is 4.79 Å². The van der Waals surface area contributed by atoms with Crippen LogP contribution in [0.5, 0.6) is 0 Å². The molecule has 1 N–H and O–H groups in total. The van der Waals surface area contributed by atoms with E-state index in [9.17, 15) is 9.59 Å². The van der Waals surface area contributed by atoms with Crippen LogP contribution in [0.2, 0.25) is 0 Å². The predicted molar refractivity (Wildman–Crippen MR) is 165 cm³/mol. The molecule has 1 aromatic carbocycles. The van der Waals surface area contributed by atoms with Gasteiger partial charge in [0.15, 0.2) is 5.78 Å². The molecule has 5 nitrogen and oxygen atoms in total. The van der Waals surface area contributed by atoms with Crippen LogP contribution in [0.1, 0.15) is 78.9 Å². The molecule has 212 valence electrons. The quantitative estimate of drug-likeness (QED) is 0.113. The highest BCUT2D eigenvalue weighted by atomic mass is 16.6. The number of allylic oxidation sites excluding steroid dienone is 8. The smallest absolute Gasteiger partial charge is 0.410 e. The molecular weight excluding hydrogens is 484 g/mol. The van der Waals surface area contributed by atoms with Crippen molar-refractivity contribution >= 4 is 17.6 Å². The lowest BCUT2D eigenvalue weighted by Crippen LogP contribution is -2.39. The summed E-state index contributed by atoms with van der Waals surface area (Å²) >= 11 is 0. The number of carbonyl (C=O) groups excluding carboxylic acids is 2. The average Bonchev–Trinajstić information content (AvgIpc) is 2.86. The lowest BCUT2D eigenvalue weighted by molar-refractivity contribution is -0.111. The summed E-state index contributed by atoms with van der Waals surface area (Å²) in [6, 6.07) is 8.32. The number of benzene rings is 1. The monoisotopic (exact) mass is 532 g/mol. The minimum Gasteiger partial charge on any atom is -0.444 e. The first kappa shape index (κ1) is 33.6. The molecule has 0 saturated carbocycles. The van der Waals surface area contributed by atoms with Gasteiger partial charge >= 0.3 is 6.09 Å². The SMILES string of the molecule is C=CC(C)(C=C)C(=N)/C=C(\C=CC)C(=O)C=C(C)Cc1ccc(C(C)CN(CCC)C(=O)OC(C)(C)C)cc1. The molecule has 0 aromatic heterocycles. The Morgan fingerprint density at radius 3 is 2.15 bits per heavy atom. The number of ketones is 1. The Labute approximate surface area is 236 Å². The van der Waals surface area contributed by atoms with E-state index in [1.807, 2.05) is 41.5 Å². The van der Waals surface area contributed by atoms with Gasteiger partial charge in [0.05, 0.1) is 0 Å². The Morgan fingerprint density at radius 2 is 1.67 bits per heavy atom. The van der Waals surface area contributed by atoms with Gasteiger partial charge in [0, 0.05) is 29.8 Å². The highest BCUT2D eigenvalue weighted by molar-refractivity contribution is 6.12. The molecule has 0 bridgehead atoms. The lowest BCUT2D eigenvalue weighted by Gasteiger charge is -2.29. The molecule has 0 heterocycles. The van der Waals surface area contributed by atoms with E-state index in [1.54, 1.807) is 41.4 Å². The van der Waals surface area contributed by atoms with Crippen LogP contribution in [-0.2, 0) is 16.0 Å². The van der Waals surface area contributed by atoms with Gasteiger partial charge in [0.1, 0.15) is 5.60 Å². The highest BCUT2D eigenvalue weighted by Gasteiger charge is 2.24. The first-order valence-electron chi connectivity index (χ1n) is 13.7. The summed E-state index contributed by atoms with van der Waals surface area (Å²) < 4.78 is 5.59. The third kappa shape index (κ3) is 11.0. The van der Waals surface area contributed by atoms with Crippen LogP contribution in [0.4, 0.5) is 4.79 Å². The summed E-state index contributed by atoms with van der Waals surface area (Å²) in [6.45, 7) is 24.3. The molecule has 0 radical (unpaired) electrons. The lowest BCUT2D eigenvalue weighted by atomic mass is 9.84. The molecule has 1 aromatic rings. The fraction of sp³-hybridized carbons (Fsp3) is 0.441. The minimum atomic E-state index is -0.703. The topological polar surface area (TPSA) is 70.5 Å². The van der Waals surface area contributed by atoms with Gasteiger partial charge in [0.25, 0.3) is 0 Å². The van der Waals surface area contributed by atoms with Crippen molar-refractivity contribution in [1.82, 2.24) is 4.90 Å². The van der Waals surface area contributed by atoms with E-state index >= 15 is 0 Å². The van der Waals surface area contributed by atoms with Crippen LogP contribution in [0, 0.1) is 10.8 Å². The molecular formula is C34H48N2O3. The molecule has 0 aliphatic rings. The number of nitrogens with one attached hydrogen (secondary N) is 1. The van der Waals surface area contributed by atoms with Crippen LogP contribution in [0.25, 0.3) is 0 Å². The molecule has 1 amide bonds. The summed E-state index contributed by atoms with van der Waals surface area (Å²) in [4.78, 5) is 27.5. The standard InChI is InChI=1S/C34H48N2O3/c1-11-15-29(23-31(35)34(10,13-3)14-4)30(37)22-25(5)21-27-16-18-28(19-17-27)26(6)24-36(20-12-2)32(38)39-33(7,8)9/h11,13-19,22-23,26,35H,3-4,12,20-21,24H2,1-2,5-10H3/b15-11?,25-22?,29-23+,35-31?. The maximum Gasteiger partial charge on any atom is 0.410 e. The van der Waals surface area contributed by atoms with Crippen molar-refractivity contribution in [2.24, 2.45) is 5.41 Å². The van der Waals surface area contributed by atoms with Gasteiger partial charge in [-0.15, -0.1) is 13.2 Å². The molecule has 0 aliphatic carbocycles. The molecule has 1 unspecified atom stereocenters. The summed E-state index contributed by atoms with van der Waals surface area (Å²) in [7, 11) is 0. The van der Waals surface area contributed by atoms with Crippen molar-refractivity contribution in [2.45, 2.75) is 79.8 Å². The Balaban J connectivity index is 2.98. The summed E-state index contributed by atoms with van der Waals surface area (Å²) in [5.41, 5.74) is 2.65. The Kier molecular flexibility index (Phi) is 13.1. The largest absolute Gasteiger partial charge is 0.444 e. The van der Waals surface area contributed by atoms with E-state index in [2.05, 4.69) is 51.3 Å². The van der Waals surface area contributed by atoms with Crippen molar-refractivity contribution < 1.29 is 14.3 Å². The number of hydrogen-bond acceptors (Lipinski definition) is 4. The van der Waals surface area contributed by atoms with Crippen molar-refractivity contribution in [1.29, 1.82) is 5.41 Å². The van der Waals surface area contributed by atoms with E-state index in [0.29, 0.717) is 25.1 Å². The fourth-order valence-corrected chi connectivity index (χ4v) is 3.93. The number of amides is 1. The van der Waals surface area contributed by atoms with Crippen LogP contribution < -0.4 is 0 Å². The van der Waals surface area contributed by atoms with Crippen LogP contribution in [0.3, 0.4) is 0 Å². The van der Waals surface area contributed by atoms with Crippen LogP contribution >= 0.6 is 0 Å². The average molecular weight is 533 g/mol. The third-order valence-corrected chi connectivity index (χ3v) is 6.41. The fourth-order valence-electron chi connectivity index (χ4n) is 3.93. The second-order valence-corrected chi connectivity index (χ2v) is 11.3. The second kappa shape index (κ2) is 15.2. The summed E-state index contributed by atoms with van der Waals surface area (Å²) in [5, 5.41) is 8.43. The number of rotatable bonds is 14. The zero-order valence-corrected chi connectivity index (χ0v) is 25.3. The van der Waals surface area contributed by atoms with Gasteiger partial charge in [-0.2, -0.15) is 0 Å². The normalized spacial score (nSPS) is 13.6. The molecule has 1 rings (SSSR count). The Hall–Kier alpha value is -3.47. The van der Waals surface area contributed by atoms with E-state index < -0.39 is 11.0 Å². The molecule has 1 atom stereocenters. The molecule has 5 heteroatoms. The first-order chi connectivity index (χ1) is 18.2. The Bertz CT molecular complexity index is 1110. The van der Waals surface area contributed by atoms with Crippen LogP contribution in [0.15, 0.2) is 85.0 Å². The van der Waals surface area contributed by atoms with Gasteiger partial charge in [-0.3, -0.25) is 4.79 Å². The summed E-state index contributed by atoms with van der Waals surface area (Å²) in [5.74, 6) is 0.00576. The van der Waals surface area contributed by atoms with E-state index in [0.717, 1.165) is 23.1 Å². The maximum atomic E-state index is 13.0. The van der Waals surface area contributed by atoms with E-state index in [1.165, 1.54) is 0 Å². The molecule has 0 spiro atoms. The molecule has 0 aliphatic heterocycles. The zero-order chi connectivity index (χ0) is 29.8. The number of ether oxygens (including phenoxy) is 1. The van der Waals surface area contributed by atoms with Crippen molar-refractivity contribution in [3.63, 3.8) is 0 Å². The number of nitrogens with zero attached hydrogens (tertiary/aromatic N) is 1. The molecule has 39 heavy (non-hydrogen) atoms. The number of carbonyl (C=O) groups is 2. The van der Waals surface area contributed by atoms with Crippen LogP contribution in [-0.4, -0.2) is 41.2 Å². The molecule has 0 saturated heterocycles. The van der Waals surface area contributed by atoms with E-state index in [4.69, 9.17) is 10.1 Å². The highest BCUT2D eigenvalue weighted by Crippen LogP contribution is 2.23. The van der Waals surface area contributed by atoms with Crippen molar-refractivity contribution in [2.75, 3.05) is 13.1 Å². The predicted octanol–water partition coefficient (Wildman–Crippen LogP) is 8.40. The first-order valence-corrected chi connectivity index (χ1v) is 13.7. The maximum absolute atomic E-state index is 13.0. The third-order valence-electron chi connectivity index (χ3n) is 6.41. The van der Waals surface area contributed by atoms with Crippen molar-refractivity contribution in [3.05, 3.63) is 96.2 Å². The Morgan fingerprint density at radius 1 is 1.08 bits per heavy atom. The van der Waals surface area contributed by atoms with E-state index in [-0.39, 0.29) is 23.5 Å². The zero-order valence-electron chi connectivity index (χ0n) is 25.3. The van der Waals surface area contributed by atoms with Gasteiger partial charge in [-0.1, -0.05) is 68.0 Å². The molecule has 0 fully saturated rings. The second-order valence-electron chi connectivity index (χ2n) is 11.3.